The minimum absolute atomic E-state index is 0. The molecule has 0 atom stereocenters. The van der Waals surface area contributed by atoms with Crippen molar-refractivity contribution in [3.8, 4) is 0 Å². The third-order valence-electron chi connectivity index (χ3n) is 3.13. The Morgan fingerprint density at radius 3 is 2.50 bits per heavy atom. The maximum Gasteiger partial charge on any atom is 0.286 e. The second-order valence-corrected chi connectivity index (χ2v) is 5.47. The number of rotatable bonds is 4. The number of halogens is 1. The van der Waals surface area contributed by atoms with Crippen LogP contribution in [0.5, 0.6) is 0 Å². The number of para-hydroxylation sites is 1. The lowest BCUT2D eigenvalue weighted by Gasteiger charge is -2.02. The largest absolute Gasteiger partial charge is 0.412 e. The van der Waals surface area contributed by atoms with E-state index in [9.17, 15) is 4.79 Å². The SMILES string of the molecule is Br.O.O=C(C[n+]1csc2ccccc21)NCc1ccccc1. The molecule has 22 heavy (non-hydrogen) atoms. The number of nitrogens with one attached hydrogen (secondary N) is 1. The van der Waals surface area contributed by atoms with Crippen LogP contribution in [0.25, 0.3) is 10.2 Å². The lowest BCUT2D eigenvalue weighted by atomic mass is 10.2. The van der Waals surface area contributed by atoms with Crippen molar-refractivity contribution >= 4 is 44.4 Å². The summed E-state index contributed by atoms with van der Waals surface area (Å²) >= 11 is 1.65. The molecule has 1 heterocycles. The fraction of sp³-hybridized carbons (Fsp3) is 0.125. The first-order valence-electron chi connectivity index (χ1n) is 6.49. The third kappa shape index (κ3) is 4.37. The standard InChI is InChI=1S/C16H14N2OS.BrH.H2O/c19-16(17-10-13-6-2-1-3-7-13)11-18-12-20-15-9-5-4-8-14(15)18;;/h1-9,12H,10-11H2;1H;1H2/p+1. The van der Waals surface area contributed by atoms with E-state index in [-0.39, 0.29) is 28.4 Å². The van der Waals surface area contributed by atoms with Gasteiger partial charge in [0.25, 0.3) is 5.91 Å². The van der Waals surface area contributed by atoms with Gasteiger partial charge in [-0.2, -0.15) is 4.57 Å². The van der Waals surface area contributed by atoms with Crippen molar-refractivity contribution in [2.45, 2.75) is 13.1 Å². The number of carbonyl (C=O) groups is 1. The second kappa shape index (κ2) is 8.63. The van der Waals surface area contributed by atoms with Gasteiger partial charge in [0, 0.05) is 12.6 Å². The minimum Gasteiger partial charge on any atom is -0.412 e. The molecule has 0 aliphatic rings. The van der Waals surface area contributed by atoms with Crippen LogP contribution >= 0.6 is 28.3 Å². The van der Waals surface area contributed by atoms with Crippen LogP contribution in [-0.4, -0.2) is 11.4 Å². The predicted molar refractivity (Wildman–Crippen MR) is 94.2 cm³/mol. The zero-order valence-electron chi connectivity index (χ0n) is 11.9. The fourth-order valence-corrected chi connectivity index (χ4v) is 2.99. The summed E-state index contributed by atoms with van der Waals surface area (Å²) in [5, 5.41) is 2.95. The molecule has 0 spiro atoms. The van der Waals surface area contributed by atoms with Crippen LogP contribution in [0.4, 0.5) is 0 Å². The van der Waals surface area contributed by atoms with E-state index in [0.717, 1.165) is 11.1 Å². The van der Waals surface area contributed by atoms with Crippen molar-refractivity contribution in [2.24, 2.45) is 0 Å². The molecule has 3 N–H and O–H groups in total. The van der Waals surface area contributed by atoms with Gasteiger partial charge in [-0.15, -0.1) is 17.0 Å². The van der Waals surface area contributed by atoms with Crippen LogP contribution in [0.1, 0.15) is 5.56 Å². The smallest absolute Gasteiger partial charge is 0.286 e. The van der Waals surface area contributed by atoms with Gasteiger partial charge in [-0.05, 0) is 11.6 Å². The first-order valence-corrected chi connectivity index (χ1v) is 7.37. The highest BCUT2D eigenvalue weighted by Gasteiger charge is 2.14. The summed E-state index contributed by atoms with van der Waals surface area (Å²) in [6.45, 7) is 0.930. The van der Waals surface area contributed by atoms with Gasteiger partial charge in [0.1, 0.15) is 4.70 Å². The van der Waals surface area contributed by atoms with Crippen molar-refractivity contribution < 1.29 is 14.8 Å². The zero-order valence-corrected chi connectivity index (χ0v) is 14.4. The van der Waals surface area contributed by atoms with Gasteiger partial charge in [-0.25, -0.2) is 0 Å². The maximum atomic E-state index is 12.0. The lowest BCUT2D eigenvalue weighted by molar-refractivity contribution is -0.654. The van der Waals surface area contributed by atoms with Crippen LogP contribution in [0, 0.1) is 0 Å². The summed E-state index contributed by atoms with van der Waals surface area (Å²) < 4.78 is 3.18. The number of nitrogens with zero attached hydrogens (tertiary/aromatic N) is 1. The molecular weight excluding hydrogens is 364 g/mol. The Hall–Kier alpha value is -1.76. The van der Waals surface area contributed by atoms with Crippen molar-refractivity contribution in [3.05, 3.63) is 65.7 Å². The molecule has 0 unspecified atom stereocenters. The average molecular weight is 382 g/mol. The molecule has 0 saturated carbocycles. The monoisotopic (exact) mass is 381 g/mol. The van der Waals surface area contributed by atoms with Crippen LogP contribution in [0.3, 0.4) is 0 Å². The van der Waals surface area contributed by atoms with E-state index in [1.807, 2.05) is 58.6 Å². The van der Waals surface area contributed by atoms with E-state index in [2.05, 4.69) is 11.4 Å². The Kier molecular flexibility index (Phi) is 7.17. The molecule has 0 aliphatic heterocycles. The lowest BCUT2D eigenvalue weighted by Crippen LogP contribution is -2.41. The van der Waals surface area contributed by atoms with Crippen LogP contribution in [0.15, 0.2) is 60.1 Å². The maximum absolute atomic E-state index is 12.0. The summed E-state index contributed by atoms with van der Waals surface area (Å²) in [4.78, 5) is 12.0. The van der Waals surface area contributed by atoms with Crippen molar-refractivity contribution in [1.29, 1.82) is 0 Å². The van der Waals surface area contributed by atoms with E-state index in [0.29, 0.717) is 13.1 Å². The number of aromatic nitrogens is 1. The zero-order chi connectivity index (χ0) is 13.8. The Balaban J connectivity index is 0.00000121. The number of carbonyl (C=O) groups excluding carboxylic acids is 1. The topological polar surface area (TPSA) is 64.5 Å². The van der Waals surface area contributed by atoms with Gasteiger partial charge in [0.2, 0.25) is 17.6 Å². The molecule has 0 bridgehead atoms. The summed E-state index contributed by atoms with van der Waals surface area (Å²) in [6, 6.07) is 18.0. The summed E-state index contributed by atoms with van der Waals surface area (Å²) in [7, 11) is 0. The number of hydrogen-bond acceptors (Lipinski definition) is 2. The summed E-state index contributed by atoms with van der Waals surface area (Å²) in [6.07, 6.45) is 0. The van der Waals surface area contributed by atoms with Crippen LogP contribution < -0.4 is 9.88 Å². The van der Waals surface area contributed by atoms with E-state index >= 15 is 0 Å². The molecule has 1 amide bonds. The predicted octanol–water partition coefficient (Wildman–Crippen LogP) is 2.26. The number of benzene rings is 2. The minimum atomic E-state index is 0. The highest BCUT2D eigenvalue weighted by atomic mass is 79.9. The molecule has 1 aromatic heterocycles. The van der Waals surface area contributed by atoms with Gasteiger partial charge >= 0.3 is 0 Å². The number of amides is 1. The second-order valence-electron chi connectivity index (χ2n) is 4.58. The van der Waals surface area contributed by atoms with E-state index in [1.165, 1.54) is 4.70 Å². The molecule has 0 radical (unpaired) electrons. The number of fused-ring (bicyclic) bond motifs is 1. The average Bonchev–Trinajstić information content (AvgIpc) is 2.90. The molecule has 0 fully saturated rings. The molecule has 0 saturated heterocycles. The van der Waals surface area contributed by atoms with Crippen LogP contribution in [-0.2, 0) is 17.9 Å². The molecule has 3 rings (SSSR count). The molecule has 0 aliphatic carbocycles. The highest BCUT2D eigenvalue weighted by Crippen LogP contribution is 2.14. The van der Waals surface area contributed by atoms with Gasteiger partial charge < -0.3 is 10.8 Å². The Morgan fingerprint density at radius 2 is 1.73 bits per heavy atom. The van der Waals surface area contributed by atoms with Crippen LogP contribution in [0.2, 0.25) is 0 Å². The van der Waals surface area contributed by atoms with Gasteiger partial charge in [0.15, 0.2) is 0 Å². The molecular formula is C16H18BrN2O2S+. The van der Waals surface area contributed by atoms with Gasteiger partial charge in [-0.1, -0.05) is 53.8 Å². The Bertz CT molecular complexity index is 731. The van der Waals surface area contributed by atoms with Gasteiger partial charge in [-0.3, -0.25) is 4.79 Å². The quantitative estimate of drug-likeness (QED) is 0.692. The Morgan fingerprint density at radius 1 is 1.05 bits per heavy atom. The van der Waals surface area contributed by atoms with Crippen molar-refractivity contribution in [3.63, 3.8) is 0 Å². The highest BCUT2D eigenvalue weighted by molar-refractivity contribution is 8.93. The first kappa shape index (κ1) is 18.3. The number of hydrogen-bond donors (Lipinski definition) is 1. The summed E-state index contributed by atoms with van der Waals surface area (Å²) in [5.74, 6) is 0.0300. The molecule has 3 aromatic rings. The molecule has 116 valence electrons. The summed E-state index contributed by atoms with van der Waals surface area (Å²) in [5.41, 5.74) is 4.21. The van der Waals surface area contributed by atoms with E-state index < -0.39 is 0 Å². The molecule has 4 nitrogen and oxygen atoms in total. The Labute approximate surface area is 143 Å². The van der Waals surface area contributed by atoms with Crippen molar-refractivity contribution in [2.75, 3.05) is 0 Å². The van der Waals surface area contributed by atoms with E-state index in [1.54, 1.807) is 11.3 Å². The molecule has 6 heteroatoms. The number of thiazole rings is 1. The first-order chi connectivity index (χ1) is 9.83. The van der Waals surface area contributed by atoms with Gasteiger partial charge in [0.05, 0.1) is 0 Å². The van der Waals surface area contributed by atoms with Crippen molar-refractivity contribution in [1.82, 2.24) is 5.32 Å². The van der Waals surface area contributed by atoms with E-state index in [4.69, 9.17) is 0 Å². The third-order valence-corrected chi connectivity index (χ3v) is 4.09. The fourth-order valence-electron chi connectivity index (χ4n) is 2.10. The molecule has 2 aromatic carbocycles. The normalized spacial score (nSPS) is 9.64.